The van der Waals surface area contributed by atoms with E-state index < -0.39 is 0 Å². The van der Waals surface area contributed by atoms with E-state index in [1.807, 2.05) is 66.7 Å². The lowest BCUT2D eigenvalue weighted by atomic mass is 10.0. The van der Waals surface area contributed by atoms with Gasteiger partial charge in [-0.3, -0.25) is 4.79 Å². The van der Waals surface area contributed by atoms with Gasteiger partial charge in [0.1, 0.15) is 12.7 Å². The monoisotopic (exact) mass is 572 g/mol. The Hall–Kier alpha value is -3.75. The molecule has 1 aliphatic carbocycles. The number of hydrogen-bond acceptors (Lipinski definition) is 4. The first kappa shape index (κ1) is 23.6. The fourth-order valence-electron chi connectivity index (χ4n) is 4.62. The van der Waals surface area contributed by atoms with E-state index >= 15 is 0 Å². The van der Waals surface area contributed by atoms with Crippen molar-refractivity contribution in [2.24, 2.45) is 0 Å². The molecule has 0 aliphatic heterocycles. The Kier molecular flexibility index (Phi) is 6.36. The maximum atomic E-state index is 13.7. The molecule has 0 spiro atoms. The molecule has 5 aromatic rings. The van der Waals surface area contributed by atoms with Gasteiger partial charge >= 0.3 is 0 Å². The van der Waals surface area contributed by atoms with Crippen LogP contribution in [0.5, 0.6) is 0 Å². The number of rotatable bonds is 7. The molecule has 3 aromatic carbocycles. The normalized spacial score (nSPS) is 16.5. The van der Waals surface area contributed by atoms with Crippen LogP contribution in [0, 0.1) is 0 Å². The molecule has 2 unspecified atom stereocenters. The summed E-state index contributed by atoms with van der Waals surface area (Å²) in [5, 5.41) is 12.9. The number of nitrogens with one attached hydrogen (secondary N) is 1. The number of halogens is 2. The van der Waals surface area contributed by atoms with Crippen molar-refractivity contribution in [1.29, 1.82) is 0 Å². The zero-order valence-electron chi connectivity index (χ0n) is 19.6. The third-order valence-electron chi connectivity index (χ3n) is 6.52. The molecule has 1 saturated carbocycles. The molecule has 2 aromatic heterocycles. The Morgan fingerprint density at radius 3 is 2.51 bits per heavy atom. The summed E-state index contributed by atoms with van der Waals surface area (Å²) < 4.78 is 4.40. The molecule has 2 atom stereocenters. The molecular formula is C28H22BrClN6O. The van der Waals surface area contributed by atoms with Crippen molar-refractivity contribution in [3.8, 4) is 16.9 Å². The number of para-hydroxylation sites is 1. The lowest BCUT2D eigenvalue weighted by Gasteiger charge is -2.12. The van der Waals surface area contributed by atoms with Crippen molar-refractivity contribution in [2.45, 2.75) is 24.9 Å². The van der Waals surface area contributed by atoms with E-state index in [1.54, 1.807) is 15.7 Å². The smallest absolute Gasteiger partial charge is 0.272 e. The van der Waals surface area contributed by atoms with Crippen LogP contribution in [-0.2, 0) is 6.54 Å². The number of carbonyl (C=O) groups excluding carboxylic acids is 1. The van der Waals surface area contributed by atoms with Crippen molar-refractivity contribution < 1.29 is 4.79 Å². The lowest BCUT2D eigenvalue weighted by molar-refractivity contribution is 0.0944. The molecule has 0 radical (unpaired) electrons. The molecule has 1 N–H and O–H groups in total. The van der Waals surface area contributed by atoms with Crippen LogP contribution < -0.4 is 5.32 Å². The summed E-state index contributed by atoms with van der Waals surface area (Å²) in [6.45, 7) is 0.325. The summed E-state index contributed by atoms with van der Waals surface area (Å²) in [6, 6.07) is 25.7. The van der Waals surface area contributed by atoms with Gasteiger partial charge in [-0.15, -0.1) is 0 Å². The maximum Gasteiger partial charge on any atom is 0.272 e. The summed E-state index contributed by atoms with van der Waals surface area (Å²) in [7, 11) is 0. The minimum Gasteiger partial charge on any atom is -0.347 e. The van der Waals surface area contributed by atoms with Gasteiger partial charge in [-0.05, 0) is 36.2 Å². The molecule has 0 saturated heterocycles. The van der Waals surface area contributed by atoms with Gasteiger partial charge in [-0.25, -0.2) is 14.3 Å². The number of carbonyl (C=O) groups is 1. The minimum absolute atomic E-state index is 0.0655. The molecule has 9 heteroatoms. The zero-order valence-corrected chi connectivity index (χ0v) is 22.0. The van der Waals surface area contributed by atoms with E-state index in [1.165, 1.54) is 11.9 Å². The fraction of sp³-hybridized carbons (Fsp3) is 0.143. The van der Waals surface area contributed by atoms with Crippen molar-refractivity contribution >= 4 is 33.4 Å². The van der Waals surface area contributed by atoms with Crippen LogP contribution >= 0.6 is 27.5 Å². The molecule has 7 nitrogen and oxygen atoms in total. The maximum absolute atomic E-state index is 13.7. The highest BCUT2D eigenvalue weighted by molar-refractivity contribution is 9.10. The molecule has 1 aliphatic rings. The standard InChI is InChI=1S/C28H22BrClN6O/c29-20-12-10-19(11-13-20)27-22(15-35-17-31-16-32-35)26(34-36(27)25-9-5-4-8-23(25)30)28(37)33-24-14-21(24)18-6-2-1-3-7-18/h1-13,16-17,21,24H,14-15H2,(H,33,37). The van der Waals surface area contributed by atoms with Crippen LogP contribution in [0.1, 0.15) is 34.0 Å². The highest BCUT2D eigenvalue weighted by Gasteiger charge is 2.40. The van der Waals surface area contributed by atoms with Gasteiger partial charge < -0.3 is 5.32 Å². The third kappa shape index (κ3) is 4.82. The van der Waals surface area contributed by atoms with Crippen LogP contribution in [0.2, 0.25) is 5.02 Å². The molecule has 0 bridgehead atoms. The van der Waals surface area contributed by atoms with E-state index in [2.05, 4.69) is 43.5 Å². The number of hydrogen-bond donors (Lipinski definition) is 1. The molecular weight excluding hydrogens is 552 g/mol. The first-order chi connectivity index (χ1) is 18.1. The van der Waals surface area contributed by atoms with E-state index in [0.717, 1.165) is 27.7 Å². The molecule has 1 fully saturated rings. The van der Waals surface area contributed by atoms with Gasteiger partial charge in [0.2, 0.25) is 0 Å². The first-order valence-electron chi connectivity index (χ1n) is 11.9. The molecule has 1 amide bonds. The first-order valence-corrected chi connectivity index (χ1v) is 13.1. The SMILES string of the molecule is O=C(NC1CC1c1ccccc1)c1nn(-c2ccccc2Cl)c(-c2ccc(Br)cc2)c1Cn1cncn1. The van der Waals surface area contributed by atoms with Crippen molar-refractivity contribution in [1.82, 2.24) is 29.9 Å². The Bertz CT molecular complexity index is 1550. The van der Waals surface area contributed by atoms with Crippen molar-refractivity contribution in [2.75, 3.05) is 0 Å². The highest BCUT2D eigenvalue weighted by atomic mass is 79.9. The van der Waals surface area contributed by atoms with E-state index in [0.29, 0.717) is 28.9 Å². The molecule has 184 valence electrons. The number of amides is 1. The van der Waals surface area contributed by atoms with E-state index in [4.69, 9.17) is 16.7 Å². The Morgan fingerprint density at radius 1 is 1.03 bits per heavy atom. The fourth-order valence-corrected chi connectivity index (χ4v) is 5.10. The number of aromatic nitrogens is 5. The van der Waals surface area contributed by atoms with Gasteiger partial charge in [0, 0.05) is 27.6 Å². The van der Waals surface area contributed by atoms with Crippen molar-refractivity contribution in [3.05, 3.63) is 118 Å². The summed E-state index contributed by atoms with van der Waals surface area (Å²) in [6.07, 6.45) is 4.01. The van der Waals surface area contributed by atoms with Crippen molar-refractivity contribution in [3.63, 3.8) is 0 Å². The molecule has 2 heterocycles. The molecule has 37 heavy (non-hydrogen) atoms. The van der Waals surface area contributed by atoms with Crippen LogP contribution in [0.3, 0.4) is 0 Å². The molecule has 6 rings (SSSR count). The van der Waals surface area contributed by atoms with Crippen LogP contribution in [0.4, 0.5) is 0 Å². The van der Waals surface area contributed by atoms with E-state index in [9.17, 15) is 4.79 Å². The van der Waals surface area contributed by atoms with Crippen LogP contribution in [-0.4, -0.2) is 36.5 Å². The quantitative estimate of drug-likeness (QED) is 0.264. The highest BCUT2D eigenvalue weighted by Crippen LogP contribution is 2.41. The largest absolute Gasteiger partial charge is 0.347 e. The van der Waals surface area contributed by atoms with Gasteiger partial charge in [-0.1, -0.05) is 82.1 Å². The predicted octanol–water partition coefficient (Wildman–Crippen LogP) is 5.88. The second kappa shape index (κ2) is 9.95. The average molecular weight is 574 g/mol. The van der Waals surface area contributed by atoms with Crippen LogP contribution in [0.15, 0.2) is 96.0 Å². The second-order valence-corrected chi connectivity index (χ2v) is 10.3. The number of benzene rings is 3. The predicted molar refractivity (Wildman–Crippen MR) is 146 cm³/mol. The van der Waals surface area contributed by atoms with Crippen LogP contribution in [0.25, 0.3) is 16.9 Å². The Labute approximate surface area is 227 Å². The minimum atomic E-state index is -0.220. The topological polar surface area (TPSA) is 77.6 Å². The average Bonchev–Trinajstić information content (AvgIpc) is 3.30. The van der Waals surface area contributed by atoms with E-state index in [-0.39, 0.29) is 11.9 Å². The third-order valence-corrected chi connectivity index (χ3v) is 7.37. The summed E-state index contributed by atoms with van der Waals surface area (Å²) in [5.74, 6) is 0.0863. The summed E-state index contributed by atoms with van der Waals surface area (Å²) in [4.78, 5) is 17.8. The Balaban J connectivity index is 1.45. The zero-order chi connectivity index (χ0) is 25.4. The second-order valence-electron chi connectivity index (χ2n) is 8.97. The van der Waals surface area contributed by atoms with Gasteiger partial charge in [0.15, 0.2) is 5.69 Å². The van der Waals surface area contributed by atoms with Gasteiger partial charge in [0.05, 0.1) is 22.9 Å². The van der Waals surface area contributed by atoms with Gasteiger partial charge in [0.25, 0.3) is 5.91 Å². The number of nitrogens with zero attached hydrogens (tertiary/aromatic N) is 5. The Morgan fingerprint density at radius 2 is 1.78 bits per heavy atom. The summed E-state index contributed by atoms with van der Waals surface area (Å²) in [5.41, 5.74) is 4.67. The lowest BCUT2D eigenvalue weighted by Crippen LogP contribution is -2.28. The van der Waals surface area contributed by atoms with Gasteiger partial charge in [-0.2, -0.15) is 10.2 Å². The summed E-state index contributed by atoms with van der Waals surface area (Å²) >= 11 is 10.1.